The van der Waals surface area contributed by atoms with Gasteiger partial charge in [-0.15, -0.1) is 0 Å². The first kappa shape index (κ1) is 17.0. The Balaban J connectivity index is 1.98. The summed E-state index contributed by atoms with van der Waals surface area (Å²) in [6, 6.07) is 1.58. The number of halogens is 3. The lowest BCUT2D eigenvalue weighted by atomic mass is 10.0. The van der Waals surface area contributed by atoms with Crippen LogP contribution in [0.1, 0.15) is 56.8 Å². The van der Waals surface area contributed by atoms with Crippen molar-refractivity contribution in [2.45, 2.75) is 63.8 Å². The number of aromatic nitrogens is 3. The molecule has 132 valence electrons. The van der Waals surface area contributed by atoms with Gasteiger partial charge in [-0.05, 0) is 26.7 Å². The van der Waals surface area contributed by atoms with Crippen LogP contribution in [0.2, 0.25) is 0 Å². The molecule has 3 rings (SSSR count). The van der Waals surface area contributed by atoms with Crippen LogP contribution >= 0.6 is 0 Å². The summed E-state index contributed by atoms with van der Waals surface area (Å²) < 4.78 is 46.5. The Labute approximate surface area is 137 Å². The van der Waals surface area contributed by atoms with Crippen molar-refractivity contribution < 1.29 is 22.8 Å². The van der Waals surface area contributed by atoms with E-state index in [0.29, 0.717) is 5.69 Å². The van der Waals surface area contributed by atoms with E-state index in [0.717, 1.165) is 36.6 Å². The Bertz CT molecular complexity index is 707. The van der Waals surface area contributed by atoms with E-state index in [9.17, 15) is 18.3 Å². The summed E-state index contributed by atoms with van der Waals surface area (Å²) >= 11 is 0. The molecule has 1 fully saturated rings. The second-order valence-electron chi connectivity index (χ2n) is 6.97. The van der Waals surface area contributed by atoms with Crippen molar-refractivity contribution in [1.29, 1.82) is 0 Å². The highest BCUT2D eigenvalue weighted by Crippen LogP contribution is 2.40. The van der Waals surface area contributed by atoms with E-state index in [4.69, 9.17) is 4.52 Å². The summed E-state index contributed by atoms with van der Waals surface area (Å²) in [5.41, 5.74) is -1.70. The van der Waals surface area contributed by atoms with Gasteiger partial charge in [-0.3, -0.25) is 4.68 Å². The first-order chi connectivity index (χ1) is 11.1. The lowest BCUT2D eigenvalue weighted by Gasteiger charge is -2.19. The SMILES string of the molecule is CC(C)(O)Cn1ncc(-c2cc(C3CCCC3)no2)c1C(F)(F)F. The molecule has 2 heterocycles. The topological polar surface area (TPSA) is 64.1 Å². The van der Waals surface area contributed by atoms with E-state index in [1.165, 1.54) is 13.8 Å². The summed E-state index contributed by atoms with van der Waals surface area (Å²) in [7, 11) is 0. The average molecular weight is 343 g/mol. The van der Waals surface area contributed by atoms with Gasteiger partial charge in [0.2, 0.25) is 0 Å². The van der Waals surface area contributed by atoms with Crippen molar-refractivity contribution in [2.24, 2.45) is 0 Å². The highest BCUT2D eigenvalue weighted by Gasteiger charge is 2.40. The molecule has 1 aliphatic carbocycles. The zero-order valence-electron chi connectivity index (χ0n) is 13.6. The van der Waals surface area contributed by atoms with Gasteiger partial charge in [-0.1, -0.05) is 18.0 Å². The Hall–Kier alpha value is -1.83. The predicted molar refractivity (Wildman–Crippen MR) is 80.2 cm³/mol. The fraction of sp³-hybridized carbons (Fsp3) is 0.625. The molecule has 24 heavy (non-hydrogen) atoms. The van der Waals surface area contributed by atoms with Crippen LogP contribution in [0.25, 0.3) is 11.3 Å². The van der Waals surface area contributed by atoms with Crippen LogP contribution in [0.3, 0.4) is 0 Å². The Kier molecular flexibility index (Phi) is 4.19. The first-order valence-electron chi connectivity index (χ1n) is 7.97. The highest BCUT2D eigenvalue weighted by atomic mass is 19.4. The molecule has 0 amide bonds. The lowest BCUT2D eigenvalue weighted by Crippen LogP contribution is -2.29. The molecule has 1 aliphatic rings. The molecule has 1 N–H and O–H groups in total. The number of hydrogen-bond donors (Lipinski definition) is 1. The molecule has 0 unspecified atom stereocenters. The van der Waals surface area contributed by atoms with Crippen LogP contribution in [-0.4, -0.2) is 25.6 Å². The average Bonchev–Trinajstić information content (AvgIpc) is 3.15. The zero-order valence-corrected chi connectivity index (χ0v) is 13.6. The summed E-state index contributed by atoms with van der Waals surface area (Å²) in [5.74, 6) is 0.314. The highest BCUT2D eigenvalue weighted by molar-refractivity contribution is 5.60. The predicted octanol–water partition coefficient (Wildman–Crippen LogP) is 3.99. The third-order valence-corrected chi connectivity index (χ3v) is 4.21. The molecule has 2 aromatic rings. The summed E-state index contributed by atoms with van der Waals surface area (Å²) in [4.78, 5) is 0. The van der Waals surface area contributed by atoms with E-state index in [-0.39, 0.29) is 23.8 Å². The van der Waals surface area contributed by atoms with Crippen molar-refractivity contribution in [3.63, 3.8) is 0 Å². The lowest BCUT2D eigenvalue weighted by molar-refractivity contribution is -0.144. The van der Waals surface area contributed by atoms with E-state index in [2.05, 4.69) is 10.3 Å². The molecule has 0 saturated heterocycles. The maximum absolute atomic E-state index is 13.5. The van der Waals surface area contributed by atoms with Gasteiger partial charge in [0.1, 0.15) is 0 Å². The molecule has 0 aliphatic heterocycles. The second kappa shape index (κ2) is 5.91. The molecule has 1 saturated carbocycles. The molecule has 5 nitrogen and oxygen atoms in total. The van der Waals surface area contributed by atoms with Crippen LogP contribution in [0, 0.1) is 0 Å². The van der Waals surface area contributed by atoms with Crippen LogP contribution < -0.4 is 0 Å². The van der Waals surface area contributed by atoms with Crippen molar-refractivity contribution in [2.75, 3.05) is 0 Å². The molecular weight excluding hydrogens is 323 g/mol. The van der Waals surface area contributed by atoms with Gasteiger partial charge < -0.3 is 9.63 Å². The van der Waals surface area contributed by atoms with Gasteiger partial charge in [0.15, 0.2) is 11.5 Å². The smallest absolute Gasteiger partial charge is 0.389 e. The minimum atomic E-state index is -4.61. The van der Waals surface area contributed by atoms with Crippen molar-refractivity contribution in [3.8, 4) is 11.3 Å². The Morgan fingerprint density at radius 1 is 1.29 bits per heavy atom. The molecule has 0 aromatic carbocycles. The Morgan fingerprint density at radius 3 is 2.54 bits per heavy atom. The van der Waals surface area contributed by atoms with Gasteiger partial charge >= 0.3 is 6.18 Å². The molecule has 0 bridgehead atoms. The van der Waals surface area contributed by atoms with Crippen molar-refractivity contribution >= 4 is 0 Å². The maximum Gasteiger partial charge on any atom is 0.433 e. The van der Waals surface area contributed by atoms with Gasteiger partial charge in [-0.2, -0.15) is 18.3 Å². The quantitative estimate of drug-likeness (QED) is 0.912. The molecule has 8 heteroatoms. The van der Waals surface area contributed by atoms with E-state index in [1.807, 2.05) is 0 Å². The van der Waals surface area contributed by atoms with E-state index < -0.39 is 17.5 Å². The normalized spacial score (nSPS) is 16.9. The standard InChI is InChI=1S/C16H20F3N3O2/c1-15(2,23)9-22-14(16(17,18)19)11(8-20-22)13-7-12(21-24-13)10-5-3-4-6-10/h7-8,10,23H,3-6,9H2,1-2H3. The largest absolute Gasteiger partial charge is 0.433 e. The minimum Gasteiger partial charge on any atom is -0.389 e. The van der Waals surface area contributed by atoms with Gasteiger partial charge in [-0.25, -0.2) is 0 Å². The van der Waals surface area contributed by atoms with E-state index in [1.54, 1.807) is 6.07 Å². The molecule has 0 atom stereocenters. The van der Waals surface area contributed by atoms with Crippen LogP contribution in [0.4, 0.5) is 13.2 Å². The fourth-order valence-corrected chi connectivity index (χ4v) is 3.18. The van der Waals surface area contributed by atoms with Gasteiger partial charge in [0.25, 0.3) is 0 Å². The van der Waals surface area contributed by atoms with Crippen LogP contribution in [0.5, 0.6) is 0 Å². The molecule has 2 aromatic heterocycles. The molecule has 0 spiro atoms. The third-order valence-electron chi connectivity index (χ3n) is 4.21. The van der Waals surface area contributed by atoms with Gasteiger partial charge in [0.05, 0.1) is 29.6 Å². The fourth-order valence-electron chi connectivity index (χ4n) is 3.18. The summed E-state index contributed by atoms with van der Waals surface area (Å²) in [5, 5.41) is 17.6. The monoisotopic (exact) mass is 343 g/mol. The van der Waals surface area contributed by atoms with Crippen LogP contribution in [-0.2, 0) is 12.7 Å². The Morgan fingerprint density at radius 2 is 1.96 bits per heavy atom. The van der Waals surface area contributed by atoms with E-state index >= 15 is 0 Å². The number of nitrogens with zero attached hydrogens (tertiary/aromatic N) is 3. The second-order valence-corrected chi connectivity index (χ2v) is 6.97. The summed E-state index contributed by atoms with van der Waals surface area (Å²) in [6.45, 7) is 2.59. The molecular formula is C16H20F3N3O2. The first-order valence-corrected chi connectivity index (χ1v) is 7.97. The number of rotatable bonds is 4. The van der Waals surface area contributed by atoms with Crippen molar-refractivity contribution in [1.82, 2.24) is 14.9 Å². The number of aliphatic hydroxyl groups is 1. The summed E-state index contributed by atoms with van der Waals surface area (Å²) in [6.07, 6.45) is 0.672. The number of alkyl halides is 3. The van der Waals surface area contributed by atoms with Crippen LogP contribution in [0.15, 0.2) is 16.8 Å². The van der Waals surface area contributed by atoms with Crippen molar-refractivity contribution in [3.05, 3.63) is 23.7 Å². The number of hydrogen-bond acceptors (Lipinski definition) is 4. The third kappa shape index (κ3) is 3.48. The zero-order chi connectivity index (χ0) is 17.5. The van der Waals surface area contributed by atoms with Gasteiger partial charge in [0, 0.05) is 12.0 Å². The maximum atomic E-state index is 13.5. The molecule has 0 radical (unpaired) electrons. The minimum absolute atomic E-state index is 0.0613.